The highest BCUT2D eigenvalue weighted by atomic mass is 79.9. The van der Waals surface area contributed by atoms with Gasteiger partial charge in [0.1, 0.15) is 29.4 Å². The summed E-state index contributed by atoms with van der Waals surface area (Å²) in [6.07, 6.45) is -0.00977. The van der Waals surface area contributed by atoms with Crippen LogP contribution in [0.15, 0.2) is 40.9 Å². The zero-order valence-corrected chi connectivity index (χ0v) is 22.1. The SMILES string of the molecule is CN(CCCOc1ccc(-c2n[nH]c3cc(Br)ccc23)c(F)c1)C(=O)CN(C)C(=O)OC(C)(C)C. The second kappa shape index (κ2) is 11.1. The van der Waals surface area contributed by atoms with Crippen molar-refractivity contribution in [1.82, 2.24) is 20.0 Å². The average molecular weight is 549 g/mol. The number of fused-ring (bicyclic) bond motifs is 1. The monoisotopic (exact) mass is 548 g/mol. The molecule has 0 aliphatic rings. The third kappa shape index (κ3) is 7.17. The number of hydrogen-bond acceptors (Lipinski definition) is 5. The van der Waals surface area contributed by atoms with E-state index in [1.165, 1.54) is 22.9 Å². The second-order valence-electron chi connectivity index (χ2n) is 9.26. The normalized spacial score (nSPS) is 11.4. The lowest BCUT2D eigenvalue weighted by Crippen LogP contribution is -2.42. The molecule has 0 aliphatic heterocycles. The molecule has 188 valence electrons. The molecule has 2 aromatic carbocycles. The average Bonchev–Trinajstić information content (AvgIpc) is 3.18. The van der Waals surface area contributed by atoms with Crippen molar-refractivity contribution in [3.8, 4) is 17.0 Å². The van der Waals surface area contributed by atoms with Gasteiger partial charge in [-0.15, -0.1) is 0 Å². The number of carbonyl (C=O) groups is 2. The van der Waals surface area contributed by atoms with Crippen molar-refractivity contribution in [3.05, 3.63) is 46.7 Å². The van der Waals surface area contributed by atoms with Gasteiger partial charge < -0.3 is 19.3 Å². The number of hydrogen-bond donors (Lipinski definition) is 1. The van der Waals surface area contributed by atoms with Crippen LogP contribution in [0.2, 0.25) is 0 Å². The minimum atomic E-state index is -0.626. The Morgan fingerprint density at radius 1 is 1.11 bits per heavy atom. The summed E-state index contributed by atoms with van der Waals surface area (Å²) in [6, 6.07) is 10.3. The lowest BCUT2D eigenvalue weighted by atomic mass is 10.1. The molecule has 0 saturated heterocycles. The van der Waals surface area contributed by atoms with Crippen LogP contribution in [-0.2, 0) is 9.53 Å². The number of rotatable bonds is 8. The van der Waals surface area contributed by atoms with Gasteiger partial charge in [0.15, 0.2) is 0 Å². The summed E-state index contributed by atoms with van der Waals surface area (Å²) in [6.45, 7) is 5.95. The molecule has 10 heteroatoms. The van der Waals surface area contributed by atoms with E-state index in [4.69, 9.17) is 9.47 Å². The summed E-state index contributed by atoms with van der Waals surface area (Å²) in [4.78, 5) is 27.1. The predicted molar refractivity (Wildman–Crippen MR) is 136 cm³/mol. The molecule has 1 aromatic heterocycles. The summed E-state index contributed by atoms with van der Waals surface area (Å²) in [7, 11) is 3.18. The van der Waals surface area contributed by atoms with E-state index in [0.717, 1.165) is 15.4 Å². The van der Waals surface area contributed by atoms with Crippen molar-refractivity contribution >= 4 is 38.8 Å². The molecular weight excluding hydrogens is 519 g/mol. The molecule has 3 aromatic rings. The van der Waals surface area contributed by atoms with Gasteiger partial charge in [0.05, 0.1) is 12.1 Å². The molecule has 0 bridgehead atoms. The summed E-state index contributed by atoms with van der Waals surface area (Å²) in [5.41, 5.74) is 1.10. The van der Waals surface area contributed by atoms with Gasteiger partial charge in [-0.2, -0.15) is 5.10 Å². The molecule has 0 aliphatic carbocycles. The quantitative estimate of drug-likeness (QED) is 0.389. The van der Waals surface area contributed by atoms with Gasteiger partial charge in [-0.1, -0.05) is 15.9 Å². The van der Waals surface area contributed by atoms with Crippen LogP contribution < -0.4 is 4.74 Å². The summed E-state index contributed by atoms with van der Waals surface area (Å²) in [5.74, 6) is -0.254. The van der Waals surface area contributed by atoms with Gasteiger partial charge in [0, 0.05) is 42.1 Å². The lowest BCUT2D eigenvalue weighted by Gasteiger charge is -2.26. The van der Waals surface area contributed by atoms with Crippen LogP contribution in [-0.4, -0.2) is 71.4 Å². The predicted octanol–water partition coefficient (Wildman–Crippen LogP) is 5.23. The standard InChI is InChI=1S/C25H30BrFN4O4/c1-25(2,3)35-24(33)31(5)15-22(32)30(4)11-6-12-34-17-8-10-18(20(27)14-17)23-19-9-7-16(26)13-21(19)28-29-23/h7-10,13-14H,6,11-12,15H2,1-5H3,(H,28,29). The Labute approximate surface area is 212 Å². The van der Waals surface area contributed by atoms with Crippen molar-refractivity contribution in [2.75, 3.05) is 33.8 Å². The first-order valence-electron chi connectivity index (χ1n) is 11.2. The second-order valence-corrected chi connectivity index (χ2v) is 10.2. The number of nitrogens with zero attached hydrogens (tertiary/aromatic N) is 3. The molecule has 0 unspecified atom stereocenters. The molecular formula is C25H30BrFN4O4. The Morgan fingerprint density at radius 3 is 2.54 bits per heavy atom. The zero-order valence-electron chi connectivity index (χ0n) is 20.5. The Bertz CT molecular complexity index is 1210. The smallest absolute Gasteiger partial charge is 0.410 e. The van der Waals surface area contributed by atoms with Gasteiger partial charge in [0.2, 0.25) is 5.91 Å². The lowest BCUT2D eigenvalue weighted by molar-refractivity contribution is -0.130. The van der Waals surface area contributed by atoms with Crippen LogP contribution in [0.3, 0.4) is 0 Å². The van der Waals surface area contributed by atoms with E-state index in [2.05, 4.69) is 26.1 Å². The fourth-order valence-corrected chi connectivity index (χ4v) is 3.68. The first-order valence-corrected chi connectivity index (χ1v) is 12.0. The van der Waals surface area contributed by atoms with Crippen LogP contribution in [0, 0.1) is 5.82 Å². The maximum atomic E-state index is 14.8. The number of amides is 2. The van der Waals surface area contributed by atoms with Crippen molar-refractivity contribution in [2.24, 2.45) is 0 Å². The van der Waals surface area contributed by atoms with E-state index in [-0.39, 0.29) is 12.5 Å². The fourth-order valence-electron chi connectivity index (χ4n) is 3.32. The highest BCUT2D eigenvalue weighted by molar-refractivity contribution is 9.10. The number of benzene rings is 2. The first kappa shape index (κ1) is 26.5. The van der Waals surface area contributed by atoms with Crippen LogP contribution in [0.5, 0.6) is 5.75 Å². The molecule has 0 saturated carbocycles. The fraction of sp³-hybridized carbons (Fsp3) is 0.400. The Kier molecular flexibility index (Phi) is 8.37. The molecule has 1 heterocycles. The van der Waals surface area contributed by atoms with Crippen LogP contribution >= 0.6 is 15.9 Å². The minimum absolute atomic E-state index is 0.0855. The Morgan fingerprint density at radius 2 is 1.86 bits per heavy atom. The van der Waals surface area contributed by atoms with Crippen molar-refractivity contribution in [2.45, 2.75) is 32.8 Å². The van der Waals surface area contributed by atoms with Crippen LogP contribution in [0.25, 0.3) is 22.2 Å². The number of ether oxygens (including phenoxy) is 2. The van der Waals surface area contributed by atoms with Gasteiger partial charge in [-0.25, -0.2) is 9.18 Å². The largest absolute Gasteiger partial charge is 0.493 e. The van der Waals surface area contributed by atoms with Crippen LogP contribution in [0.4, 0.5) is 9.18 Å². The number of aromatic nitrogens is 2. The van der Waals surface area contributed by atoms with Crippen LogP contribution in [0.1, 0.15) is 27.2 Å². The summed E-state index contributed by atoms with van der Waals surface area (Å²) in [5, 5.41) is 8.01. The topological polar surface area (TPSA) is 87.8 Å². The number of likely N-dealkylation sites (N-methyl/N-ethyl adjacent to an activating group) is 2. The van der Waals surface area contributed by atoms with Gasteiger partial charge in [-0.3, -0.25) is 9.89 Å². The number of aromatic amines is 1. The molecule has 1 N–H and O–H groups in total. The number of nitrogens with one attached hydrogen (secondary N) is 1. The Balaban J connectivity index is 1.48. The Hall–Kier alpha value is -3.14. The zero-order chi connectivity index (χ0) is 25.8. The molecule has 0 radical (unpaired) electrons. The number of H-pyrrole nitrogens is 1. The third-order valence-electron chi connectivity index (χ3n) is 5.13. The van der Waals surface area contributed by atoms with E-state index in [0.29, 0.717) is 36.6 Å². The minimum Gasteiger partial charge on any atom is -0.493 e. The molecule has 3 rings (SSSR count). The van der Waals surface area contributed by atoms with Gasteiger partial charge >= 0.3 is 6.09 Å². The van der Waals surface area contributed by atoms with E-state index in [9.17, 15) is 14.0 Å². The van der Waals surface area contributed by atoms with Gasteiger partial charge in [-0.05, 0) is 57.5 Å². The number of carbonyl (C=O) groups excluding carboxylic acids is 2. The van der Waals surface area contributed by atoms with Crippen molar-refractivity contribution in [3.63, 3.8) is 0 Å². The third-order valence-corrected chi connectivity index (χ3v) is 5.62. The van der Waals surface area contributed by atoms with E-state index in [1.807, 2.05) is 18.2 Å². The summed E-state index contributed by atoms with van der Waals surface area (Å²) >= 11 is 3.41. The maximum absolute atomic E-state index is 14.8. The maximum Gasteiger partial charge on any atom is 0.410 e. The first-order chi connectivity index (χ1) is 16.4. The van der Waals surface area contributed by atoms with E-state index in [1.54, 1.807) is 40.0 Å². The molecule has 0 fully saturated rings. The van der Waals surface area contributed by atoms with Crippen molar-refractivity contribution in [1.29, 1.82) is 0 Å². The van der Waals surface area contributed by atoms with E-state index < -0.39 is 17.5 Å². The highest BCUT2D eigenvalue weighted by Gasteiger charge is 2.22. The number of halogens is 2. The molecule has 0 spiro atoms. The molecule has 2 amide bonds. The summed E-state index contributed by atoms with van der Waals surface area (Å²) < 4.78 is 26.6. The van der Waals surface area contributed by atoms with Gasteiger partial charge in [0.25, 0.3) is 0 Å². The molecule has 35 heavy (non-hydrogen) atoms. The van der Waals surface area contributed by atoms with Crippen molar-refractivity contribution < 1.29 is 23.5 Å². The molecule has 0 atom stereocenters. The van der Waals surface area contributed by atoms with E-state index >= 15 is 0 Å². The highest BCUT2D eigenvalue weighted by Crippen LogP contribution is 2.31. The molecule has 8 nitrogen and oxygen atoms in total.